The monoisotopic (exact) mass is 409 g/mol. The normalized spacial score (nSPS) is 11.7. The van der Waals surface area contributed by atoms with Crippen molar-refractivity contribution in [2.75, 3.05) is 13.7 Å². The van der Waals surface area contributed by atoms with E-state index >= 15 is 0 Å². The summed E-state index contributed by atoms with van der Waals surface area (Å²) >= 11 is 0. The first-order valence-electron chi connectivity index (χ1n) is 9.59. The summed E-state index contributed by atoms with van der Waals surface area (Å²) in [7, 11) is 1.45. The average molecular weight is 409 g/mol. The molecule has 3 rings (SSSR count). The van der Waals surface area contributed by atoms with Gasteiger partial charge in [-0.3, -0.25) is 4.79 Å². The molecule has 1 aromatic heterocycles. The molecule has 1 heterocycles. The van der Waals surface area contributed by atoms with Crippen LogP contribution in [0.5, 0.6) is 5.75 Å². The SMILES string of the molecule is COc1cccc2cc(C(=O)OCC(=O)N[C@@H](C)CCc3ccccc3)c(=O)oc12. The Bertz CT molecular complexity index is 1090. The molecule has 0 fully saturated rings. The van der Waals surface area contributed by atoms with E-state index in [1.165, 1.54) is 18.7 Å². The molecule has 1 amide bonds. The standard InChI is InChI=1S/C23H23NO6/c1-15(11-12-16-7-4-3-5-8-16)24-20(25)14-29-22(26)18-13-17-9-6-10-19(28-2)21(17)30-23(18)27/h3-10,13,15H,11-12,14H2,1-2H3,(H,24,25)/t15-/m0/s1. The minimum Gasteiger partial charge on any atom is -0.493 e. The van der Waals surface area contributed by atoms with E-state index in [9.17, 15) is 14.4 Å². The third kappa shape index (κ3) is 5.26. The van der Waals surface area contributed by atoms with Crippen LogP contribution in [0.1, 0.15) is 29.3 Å². The second kappa shape index (κ2) is 9.73. The number of esters is 1. The molecule has 7 heteroatoms. The van der Waals surface area contributed by atoms with Crippen molar-refractivity contribution in [2.24, 2.45) is 0 Å². The van der Waals surface area contributed by atoms with Crippen LogP contribution in [-0.2, 0) is 16.0 Å². The summed E-state index contributed by atoms with van der Waals surface area (Å²) in [6.45, 7) is 1.40. The zero-order valence-electron chi connectivity index (χ0n) is 16.8. The van der Waals surface area contributed by atoms with Crippen molar-refractivity contribution in [3.63, 3.8) is 0 Å². The van der Waals surface area contributed by atoms with Gasteiger partial charge in [-0.1, -0.05) is 42.5 Å². The highest BCUT2D eigenvalue weighted by molar-refractivity contribution is 5.95. The highest BCUT2D eigenvalue weighted by Crippen LogP contribution is 2.24. The number of carbonyl (C=O) groups is 2. The third-order valence-electron chi connectivity index (χ3n) is 4.61. The van der Waals surface area contributed by atoms with Crippen LogP contribution in [0.15, 0.2) is 63.8 Å². The van der Waals surface area contributed by atoms with Crippen molar-refractivity contribution in [2.45, 2.75) is 25.8 Å². The maximum Gasteiger partial charge on any atom is 0.351 e. The van der Waals surface area contributed by atoms with E-state index in [2.05, 4.69) is 5.32 Å². The number of aryl methyl sites for hydroxylation is 1. The van der Waals surface area contributed by atoms with Gasteiger partial charge < -0.3 is 19.2 Å². The first-order valence-corrected chi connectivity index (χ1v) is 9.59. The van der Waals surface area contributed by atoms with E-state index < -0.39 is 24.1 Å². The summed E-state index contributed by atoms with van der Waals surface area (Å²) in [6, 6.07) is 16.3. The van der Waals surface area contributed by atoms with Crippen LogP contribution >= 0.6 is 0 Å². The minimum absolute atomic E-state index is 0.0883. The Morgan fingerprint density at radius 1 is 1.10 bits per heavy atom. The number of hydrogen-bond donors (Lipinski definition) is 1. The Kier molecular flexibility index (Phi) is 6.85. The zero-order valence-corrected chi connectivity index (χ0v) is 16.8. The maximum atomic E-state index is 12.3. The number of fused-ring (bicyclic) bond motifs is 1. The molecule has 1 N–H and O–H groups in total. The molecule has 0 aliphatic carbocycles. The fraction of sp³-hybridized carbons (Fsp3) is 0.261. The smallest absolute Gasteiger partial charge is 0.351 e. The molecule has 0 bridgehead atoms. The van der Waals surface area contributed by atoms with Crippen molar-refractivity contribution < 1.29 is 23.5 Å². The Morgan fingerprint density at radius 3 is 2.60 bits per heavy atom. The van der Waals surface area contributed by atoms with Gasteiger partial charge >= 0.3 is 11.6 Å². The molecule has 3 aromatic rings. The van der Waals surface area contributed by atoms with Crippen LogP contribution < -0.4 is 15.7 Å². The minimum atomic E-state index is -0.916. The molecule has 0 saturated heterocycles. The van der Waals surface area contributed by atoms with Crippen LogP contribution in [0.25, 0.3) is 11.0 Å². The molecule has 0 aliphatic rings. The predicted molar refractivity (Wildman–Crippen MR) is 112 cm³/mol. The van der Waals surface area contributed by atoms with Crippen molar-refractivity contribution in [1.29, 1.82) is 0 Å². The number of methoxy groups -OCH3 is 1. The number of benzene rings is 2. The van der Waals surface area contributed by atoms with Gasteiger partial charge in [0.25, 0.3) is 5.91 Å². The lowest BCUT2D eigenvalue weighted by molar-refractivity contribution is -0.124. The number of amides is 1. The lowest BCUT2D eigenvalue weighted by atomic mass is 10.1. The van der Waals surface area contributed by atoms with E-state index in [0.717, 1.165) is 12.8 Å². The van der Waals surface area contributed by atoms with Gasteiger partial charge in [0.1, 0.15) is 5.56 Å². The Labute approximate surface area is 173 Å². The molecule has 0 spiro atoms. The van der Waals surface area contributed by atoms with Crippen molar-refractivity contribution in [1.82, 2.24) is 5.32 Å². The molecule has 0 radical (unpaired) electrons. The number of carbonyl (C=O) groups excluding carboxylic acids is 2. The van der Waals surface area contributed by atoms with Crippen LogP contribution in [-0.4, -0.2) is 31.6 Å². The second-order valence-corrected chi connectivity index (χ2v) is 6.90. The van der Waals surface area contributed by atoms with Crippen LogP contribution in [0, 0.1) is 0 Å². The number of hydrogen-bond acceptors (Lipinski definition) is 6. The molecule has 0 aliphatic heterocycles. The summed E-state index contributed by atoms with van der Waals surface area (Å²) in [5.74, 6) is -0.968. The first kappa shape index (κ1) is 21.1. The summed E-state index contributed by atoms with van der Waals surface area (Å²) < 4.78 is 15.3. The summed E-state index contributed by atoms with van der Waals surface area (Å²) in [6.07, 6.45) is 1.57. The van der Waals surface area contributed by atoms with Crippen molar-refractivity contribution >= 4 is 22.8 Å². The molecule has 7 nitrogen and oxygen atoms in total. The Hall–Kier alpha value is -3.61. The van der Waals surface area contributed by atoms with Gasteiger partial charge in [-0.05, 0) is 37.5 Å². The first-order chi connectivity index (χ1) is 14.5. The van der Waals surface area contributed by atoms with Crippen molar-refractivity contribution in [3.05, 3.63) is 76.1 Å². The lowest BCUT2D eigenvalue weighted by Gasteiger charge is -2.14. The highest BCUT2D eigenvalue weighted by atomic mass is 16.5. The summed E-state index contributed by atoms with van der Waals surface area (Å²) in [4.78, 5) is 36.5. The topological polar surface area (TPSA) is 94.8 Å². The molecule has 30 heavy (non-hydrogen) atoms. The Balaban J connectivity index is 1.55. The quantitative estimate of drug-likeness (QED) is 0.454. The third-order valence-corrected chi connectivity index (χ3v) is 4.61. The van der Waals surface area contributed by atoms with E-state index in [-0.39, 0.29) is 17.2 Å². The average Bonchev–Trinajstić information content (AvgIpc) is 2.76. The van der Waals surface area contributed by atoms with Crippen molar-refractivity contribution in [3.8, 4) is 5.75 Å². The highest BCUT2D eigenvalue weighted by Gasteiger charge is 2.18. The fourth-order valence-electron chi connectivity index (χ4n) is 3.05. The second-order valence-electron chi connectivity index (χ2n) is 6.90. The van der Waals surface area contributed by atoms with Gasteiger partial charge in [-0.15, -0.1) is 0 Å². The van der Waals surface area contributed by atoms with Gasteiger partial charge in [0, 0.05) is 11.4 Å². The Morgan fingerprint density at radius 2 is 1.87 bits per heavy atom. The number of rotatable bonds is 8. The number of ether oxygens (including phenoxy) is 2. The molecular formula is C23H23NO6. The van der Waals surface area contributed by atoms with Crippen LogP contribution in [0.3, 0.4) is 0 Å². The van der Waals surface area contributed by atoms with E-state index in [1.54, 1.807) is 18.2 Å². The molecule has 0 saturated carbocycles. The van der Waals surface area contributed by atoms with Gasteiger partial charge in [0.15, 0.2) is 17.9 Å². The van der Waals surface area contributed by atoms with E-state index in [1.807, 2.05) is 37.3 Å². The molecule has 156 valence electrons. The maximum absolute atomic E-state index is 12.3. The molecule has 2 aromatic carbocycles. The van der Waals surface area contributed by atoms with E-state index in [0.29, 0.717) is 11.1 Å². The van der Waals surface area contributed by atoms with Gasteiger partial charge in [-0.2, -0.15) is 0 Å². The van der Waals surface area contributed by atoms with Crippen LogP contribution in [0.2, 0.25) is 0 Å². The van der Waals surface area contributed by atoms with Gasteiger partial charge in [0.2, 0.25) is 0 Å². The lowest BCUT2D eigenvalue weighted by Crippen LogP contribution is -2.36. The van der Waals surface area contributed by atoms with Gasteiger partial charge in [-0.25, -0.2) is 9.59 Å². The number of para-hydroxylation sites is 1. The molecular weight excluding hydrogens is 386 g/mol. The summed E-state index contributed by atoms with van der Waals surface area (Å²) in [5.41, 5.74) is 0.297. The fourth-order valence-corrected chi connectivity index (χ4v) is 3.05. The molecule has 0 unspecified atom stereocenters. The number of nitrogens with one attached hydrogen (secondary N) is 1. The largest absolute Gasteiger partial charge is 0.493 e. The van der Waals surface area contributed by atoms with Crippen LogP contribution in [0.4, 0.5) is 0 Å². The molecule has 1 atom stereocenters. The predicted octanol–water partition coefficient (Wildman–Crippen LogP) is 3.10. The summed E-state index contributed by atoms with van der Waals surface area (Å²) in [5, 5.41) is 3.30. The van der Waals surface area contributed by atoms with Gasteiger partial charge in [0.05, 0.1) is 7.11 Å². The zero-order chi connectivity index (χ0) is 21.5. The van der Waals surface area contributed by atoms with E-state index in [4.69, 9.17) is 13.9 Å².